The zero-order valence-corrected chi connectivity index (χ0v) is 21.4. The molecule has 2 aliphatic heterocycles. The van der Waals surface area contributed by atoms with Gasteiger partial charge in [0.1, 0.15) is 19.0 Å². The molecule has 37 heavy (non-hydrogen) atoms. The Bertz CT molecular complexity index is 1450. The third kappa shape index (κ3) is 3.73. The number of benzene rings is 2. The highest BCUT2D eigenvalue weighted by Gasteiger charge is 2.46. The SMILES string of the molecule is CC1c2cc3c(cc2C2(CCCC2)CN1C(=O)CCc1nc2ccccc2c(=O)n1C1CC1)OCCO3. The molecule has 2 aliphatic carbocycles. The summed E-state index contributed by atoms with van der Waals surface area (Å²) in [5, 5.41) is 0.656. The van der Waals surface area contributed by atoms with Crippen LogP contribution in [0.2, 0.25) is 0 Å². The van der Waals surface area contributed by atoms with Gasteiger partial charge < -0.3 is 14.4 Å². The normalized spacial score (nSPS) is 21.9. The predicted molar refractivity (Wildman–Crippen MR) is 140 cm³/mol. The minimum Gasteiger partial charge on any atom is -0.486 e. The zero-order chi connectivity index (χ0) is 25.1. The zero-order valence-electron chi connectivity index (χ0n) is 21.4. The lowest BCUT2D eigenvalue weighted by Gasteiger charge is -2.46. The number of carbonyl (C=O) groups excluding carboxylic acids is 1. The van der Waals surface area contributed by atoms with E-state index in [9.17, 15) is 9.59 Å². The van der Waals surface area contributed by atoms with Gasteiger partial charge in [-0.25, -0.2) is 4.98 Å². The van der Waals surface area contributed by atoms with E-state index < -0.39 is 0 Å². The van der Waals surface area contributed by atoms with E-state index in [1.807, 2.05) is 28.8 Å². The van der Waals surface area contributed by atoms with Crippen LogP contribution >= 0.6 is 0 Å². The number of nitrogens with zero attached hydrogens (tertiary/aromatic N) is 3. The van der Waals surface area contributed by atoms with Gasteiger partial charge in [-0.3, -0.25) is 14.2 Å². The maximum atomic E-state index is 13.8. The molecular formula is C30H33N3O4. The Kier molecular flexibility index (Phi) is 5.31. The molecule has 192 valence electrons. The number of ether oxygens (including phenoxy) is 2. The van der Waals surface area contributed by atoms with Gasteiger partial charge in [-0.1, -0.05) is 25.0 Å². The quantitative estimate of drug-likeness (QED) is 0.513. The summed E-state index contributed by atoms with van der Waals surface area (Å²) in [7, 11) is 0. The Morgan fingerprint density at radius 1 is 1.08 bits per heavy atom. The fraction of sp³-hybridized carbons (Fsp3) is 0.500. The first-order valence-electron chi connectivity index (χ1n) is 13.8. The number of aromatic nitrogens is 2. The van der Waals surface area contributed by atoms with E-state index in [4.69, 9.17) is 14.5 Å². The van der Waals surface area contributed by atoms with Crippen molar-refractivity contribution in [1.29, 1.82) is 0 Å². The number of rotatable bonds is 4. The molecule has 3 heterocycles. The van der Waals surface area contributed by atoms with Crippen molar-refractivity contribution in [3.63, 3.8) is 0 Å². The van der Waals surface area contributed by atoms with Crippen molar-refractivity contribution in [1.82, 2.24) is 14.5 Å². The van der Waals surface area contributed by atoms with Crippen LogP contribution in [0.1, 0.15) is 80.9 Å². The molecule has 0 saturated heterocycles. The first-order chi connectivity index (χ1) is 18.0. The Labute approximate surface area is 216 Å². The summed E-state index contributed by atoms with van der Waals surface area (Å²) in [6.45, 7) is 3.99. The van der Waals surface area contributed by atoms with Crippen LogP contribution in [-0.2, 0) is 16.6 Å². The molecule has 0 bridgehead atoms. The molecule has 0 radical (unpaired) electrons. The lowest BCUT2D eigenvalue weighted by molar-refractivity contribution is -0.135. The monoisotopic (exact) mass is 499 g/mol. The van der Waals surface area contributed by atoms with Crippen molar-refractivity contribution in [2.75, 3.05) is 19.8 Å². The molecule has 1 aromatic heterocycles. The van der Waals surface area contributed by atoms with Crippen LogP contribution in [0.3, 0.4) is 0 Å². The van der Waals surface area contributed by atoms with Crippen molar-refractivity contribution >= 4 is 16.8 Å². The van der Waals surface area contributed by atoms with Crippen LogP contribution in [0, 0.1) is 0 Å². The minimum absolute atomic E-state index is 0.0210. The van der Waals surface area contributed by atoms with Gasteiger partial charge in [0.25, 0.3) is 5.56 Å². The summed E-state index contributed by atoms with van der Waals surface area (Å²) in [6.07, 6.45) is 7.35. The summed E-state index contributed by atoms with van der Waals surface area (Å²) < 4.78 is 13.7. The van der Waals surface area contributed by atoms with Gasteiger partial charge in [0, 0.05) is 30.8 Å². The van der Waals surface area contributed by atoms with Gasteiger partial charge in [-0.2, -0.15) is 0 Å². The van der Waals surface area contributed by atoms with Crippen LogP contribution in [0.15, 0.2) is 41.2 Å². The highest BCUT2D eigenvalue weighted by Crippen LogP contribution is 2.52. The molecule has 3 aromatic rings. The van der Waals surface area contributed by atoms with Gasteiger partial charge in [0.05, 0.1) is 16.9 Å². The second-order valence-electron chi connectivity index (χ2n) is 11.2. The molecule has 1 amide bonds. The molecule has 1 atom stereocenters. The molecule has 1 spiro atoms. The number of aryl methyl sites for hydroxylation is 1. The van der Waals surface area contributed by atoms with E-state index in [1.165, 1.54) is 24.0 Å². The number of fused-ring (bicyclic) bond motifs is 4. The predicted octanol–water partition coefficient (Wildman–Crippen LogP) is 4.85. The average molecular weight is 500 g/mol. The van der Waals surface area contributed by atoms with E-state index in [2.05, 4.69) is 24.0 Å². The second kappa shape index (κ2) is 8.61. The highest BCUT2D eigenvalue weighted by molar-refractivity contribution is 5.79. The van der Waals surface area contributed by atoms with E-state index in [-0.39, 0.29) is 29.0 Å². The molecule has 4 aliphatic rings. The van der Waals surface area contributed by atoms with Gasteiger partial charge >= 0.3 is 0 Å². The first kappa shape index (κ1) is 22.8. The summed E-state index contributed by atoms with van der Waals surface area (Å²) in [4.78, 5) is 34.0. The Morgan fingerprint density at radius 3 is 2.57 bits per heavy atom. The van der Waals surface area contributed by atoms with E-state index in [0.29, 0.717) is 37.0 Å². The number of hydrogen-bond donors (Lipinski definition) is 0. The second-order valence-corrected chi connectivity index (χ2v) is 11.2. The molecule has 2 aromatic carbocycles. The maximum Gasteiger partial charge on any atom is 0.261 e. The summed E-state index contributed by atoms with van der Waals surface area (Å²) in [5.74, 6) is 2.49. The van der Waals surface area contributed by atoms with E-state index in [1.54, 1.807) is 0 Å². The van der Waals surface area contributed by atoms with Crippen molar-refractivity contribution in [3.8, 4) is 11.5 Å². The molecule has 7 nitrogen and oxygen atoms in total. The van der Waals surface area contributed by atoms with Crippen LogP contribution < -0.4 is 15.0 Å². The van der Waals surface area contributed by atoms with Crippen molar-refractivity contribution in [3.05, 3.63) is 63.7 Å². The fourth-order valence-corrected chi connectivity index (χ4v) is 6.85. The average Bonchev–Trinajstić information content (AvgIpc) is 3.65. The van der Waals surface area contributed by atoms with Gasteiger partial charge in [-0.05, 0) is 68.0 Å². The first-order valence-corrected chi connectivity index (χ1v) is 13.8. The van der Waals surface area contributed by atoms with Crippen LogP contribution in [0.4, 0.5) is 0 Å². The van der Waals surface area contributed by atoms with Gasteiger partial charge in [0.2, 0.25) is 5.91 Å². The van der Waals surface area contributed by atoms with Crippen LogP contribution in [0.5, 0.6) is 11.5 Å². The highest BCUT2D eigenvalue weighted by atomic mass is 16.6. The lowest BCUT2D eigenvalue weighted by atomic mass is 9.71. The topological polar surface area (TPSA) is 73.7 Å². The largest absolute Gasteiger partial charge is 0.486 e. The third-order valence-corrected chi connectivity index (χ3v) is 8.91. The Morgan fingerprint density at radius 2 is 1.81 bits per heavy atom. The fourth-order valence-electron chi connectivity index (χ4n) is 6.85. The lowest BCUT2D eigenvalue weighted by Crippen LogP contribution is -2.48. The number of carbonyl (C=O) groups is 1. The standard InChI is InChI=1S/C30H33N3O4/c1-19-22-16-25-26(37-15-14-36-25)17-23(22)30(12-4-5-13-30)18-32(19)28(34)11-10-27-31-24-7-3-2-6-21(24)29(35)33(27)20-8-9-20/h2-3,6-7,16-17,19-20H,4-5,8-15,18H2,1H3. The van der Waals surface area contributed by atoms with E-state index in [0.717, 1.165) is 49.6 Å². The Balaban J connectivity index is 1.20. The van der Waals surface area contributed by atoms with Crippen molar-refractivity contribution in [2.24, 2.45) is 0 Å². The van der Waals surface area contributed by atoms with Gasteiger partial charge in [0.15, 0.2) is 11.5 Å². The maximum absolute atomic E-state index is 13.8. The molecule has 7 rings (SSSR count). The molecule has 2 fully saturated rings. The molecule has 7 heteroatoms. The van der Waals surface area contributed by atoms with E-state index >= 15 is 0 Å². The molecule has 1 unspecified atom stereocenters. The number of hydrogen-bond acceptors (Lipinski definition) is 5. The summed E-state index contributed by atoms with van der Waals surface area (Å²) in [5.41, 5.74) is 3.23. The Hall–Kier alpha value is -3.35. The van der Waals surface area contributed by atoms with Crippen molar-refractivity contribution < 1.29 is 14.3 Å². The van der Waals surface area contributed by atoms with Crippen molar-refractivity contribution in [2.45, 2.75) is 75.8 Å². The number of para-hydroxylation sites is 1. The summed E-state index contributed by atoms with van der Waals surface area (Å²) >= 11 is 0. The third-order valence-electron chi connectivity index (χ3n) is 8.91. The molecular weight excluding hydrogens is 466 g/mol. The summed E-state index contributed by atoms with van der Waals surface area (Å²) in [6, 6.07) is 12.0. The molecule has 0 N–H and O–H groups in total. The minimum atomic E-state index is -0.0419. The van der Waals surface area contributed by atoms with Crippen LogP contribution in [-0.4, -0.2) is 40.1 Å². The van der Waals surface area contributed by atoms with Gasteiger partial charge in [-0.15, -0.1) is 0 Å². The van der Waals surface area contributed by atoms with Crippen LogP contribution in [0.25, 0.3) is 10.9 Å². The smallest absolute Gasteiger partial charge is 0.261 e. The molecule has 2 saturated carbocycles. The number of amides is 1.